The van der Waals surface area contributed by atoms with Gasteiger partial charge in [-0.05, 0) is 24.7 Å². The quantitative estimate of drug-likeness (QED) is 0.638. The number of rotatable bonds is 2. The molecule has 78 valence electrons. The van der Waals surface area contributed by atoms with Crippen LogP contribution in [0.4, 0.5) is 0 Å². The van der Waals surface area contributed by atoms with Crippen molar-refractivity contribution in [3.05, 3.63) is 0 Å². The highest BCUT2D eigenvalue weighted by Crippen LogP contribution is 2.53. The van der Waals surface area contributed by atoms with Crippen molar-refractivity contribution >= 4 is 12.3 Å². The number of nitrogens with zero attached hydrogens (tertiary/aromatic N) is 1. The number of likely N-dealkylation sites (tertiary alicyclic amines) is 1. The maximum Gasteiger partial charge on any atom is 0.217 e. The van der Waals surface area contributed by atoms with E-state index < -0.39 is 0 Å². The molecule has 1 heterocycles. The van der Waals surface area contributed by atoms with Gasteiger partial charge >= 0.3 is 0 Å². The normalized spacial score (nSPS) is 28.6. The zero-order chi connectivity index (χ0) is 10.2. The summed E-state index contributed by atoms with van der Waals surface area (Å²) in [5, 5.41) is 2.96. The number of nitrogens with one attached hydrogen (secondary N) is 1. The van der Waals surface area contributed by atoms with Gasteiger partial charge < -0.3 is 10.2 Å². The first kappa shape index (κ1) is 9.49. The Morgan fingerprint density at radius 1 is 1.50 bits per heavy atom. The maximum absolute atomic E-state index is 10.9. The highest BCUT2D eigenvalue weighted by atomic mass is 16.1. The molecule has 0 bridgehead atoms. The molecule has 1 spiro atoms. The van der Waals surface area contributed by atoms with Crippen molar-refractivity contribution < 1.29 is 9.59 Å². The summed E-state index contributed by atoms with van der Waals surface area (Å²) < 4.78 is 0. The molecule has 0 aromatic carbocycles. The number of carbonyl (C=O) groups excluding carboxylic acids is 2. The lowest BCUT2D eigenvalue weighted by Gasteiger charge is -2.30. The summed E-state index contributed by atoms with van der Waals surface area (Å²) >= 11 is 0. The van der Waals surface area contributed by atoms with Gasteiger partial charge in [-0.1, -0.05) is 0 Å². The van der Waals surface area contributed by atoms with Crippen LogP contribution in [0.3, 0.4) is 0 Å². The topological polar surface area (TPSA) is 49.4 Å². The zero-order valence-corrected chi connectivity index (χ0v) is 8.45. The number of carbonyl (C=O) groups is 2. The van der Waals surface area contributed by atoms with Crippen LogP contribution in [0, 0.1) is 5.41 Å². The van der Waals surface area contributed by atoms with Crippen LogP contribution in [0.15, 0.2) is 0 Å². The van der Waals surface area contributed by atoms with Gasteiger partial charge in [-0.2, -0.15) is 0 Å². The van der Waals surface area contributed by atoms with Crippen molar-refractivity contribution in [3.8, 4) is 0 Å². The molecule has 1 atom stereocenters. The van der Waals surface area contributed by atoms with Crippen molar-refractivity contribution in [1.82, 2.24) is 10.2 Å². The van der Waals surface area contributed by atoms with E-state index in [0.717, 1.165) is 38.8 Å². The SMILES string of the molecule is CC(=O)N[C@H]1CC12CCN(C=O)CC2. The third-order valence-corrected chi connectivity index (χ3v) is 3.51. The molecule has 2 rings (SSSR count). The lowest BCUT2D eigenvalue weighted by molar-refractivity contribution is -0.121. The summed E-state index contributed by atoms with van der Waals surface area (Å²) in [6.45, 7) is 3.26. The number of hydrogen-bond donors (Lipinski definition) is 1. The second kappa shape index (κ2) is 3.26. The molecule has 1 saturated carbocycles. The van der Waals surface area contributed by atoms with E-state index in [2.05, 4.69) is 5.32 Å². The van der Waals surface area contributed by atoms with Gasteiger partial charge in [0.15, 0.2) is 0 Å². The molecule has 1 aliphatic carbocycles. The fraction of sp³-hybridized carbons (Fsp3) is 0.800. The largest absolute Gasteiger partial charge is 0.353 e. The van der Waals surface area contributed by atoms with E-state index >= 15 is 0 Å². The van der Waals surface area contributed by atoms with Gasteiger partial charge in [0.2, 0.25) is 12.3 Å². The van der Waals surface area contributed by atoms with Gasteiger partial charge in [0.1, 0.15) is 0 Å². The Hall–Kier alpha value is -1.06. The predicted octanol–water partition coefficient (Wildman–Crippen LogP) is 0.133. The molecular weight excluding hydrogens is 180 g/mol. The Balaban J connectivity index is 1.84. The van der Waals surface area contributed by atoms with Crippen LogP contribution >= 0.6 is 0 Å². The second-order valence-electron chi connectivity index (χ2n) is 4.46. The van der Waals surface area contributed by atoms with Crippen molar-refractivity contribution in [3.63, 3.8) is 0 Å². The summed E-state index contributed by atoms with van der Waals surface area (Å²) in [5.41, 5.74) is 0.325. The van der Waals surface area contributed by atoms with Gasteiger partial charge in [-0.15, -0.1) is 0 Å². The first-order chi connectivity index (χ1) is 6.66. The van der Waals surface area contributed by atoms with E-state index in [0.29, 0.717) is 11.5 Å². The molecule has 2 fully saturated rings. The van der Waals surface area contributed by atoms with E-state index in [1.165, 1.54) is 0 Å². The van der Waals surface area contributed by atoms with E-state index in [-0.39, 0.29) is 5.91 Å². The highest BCUT2D eigenvalue weighted by molar-refractivity contribution is 5.73. The van der Waals surface area contributed by atoms with Crippen molar-refractivity contribution in [2.75, 3.05) is 13.1 Å². The minimum absolute atomic E-state index is 0.0599. The Kier molecular flexibility index (Phi) is 2.21. The smallest absolute Gasteiger partial charge is 0.217 e. The second-order valence-corrected chi connectivity index (χ2v) is 4.46. The van der Waals surface area contributed by atoms with Gasteiger partial charge in [0, 0.05) is 26.1 Å². The summed E-state index contributed by atoms with van der Waals surface area (Å²) in [6, 6.07) is 0.369. The Morgan fingerprint density at radius 3 is 2.64 bits per heavy atom. The first-order valence-electron chi connectivity index (χ1n) is 5.13. The number of piperidine rings is 1. The molecule has 1 saturated heterocycles. The molecule has 0 unspecified atom stereocenters. The van der Waals surface area contributed by atoms with E-state index in [4.69, 9.17) is 0 Å². The van der Waals surface area contributed by atoms with Gasteiger partial charge in [0.25, 0.3) is 0 Å². The van der Waals surface area contributed by atoms with E-state index in [9.17, 15) is 9.59 Å². The van der Waals surface area contributed by atoms with Crippen molar-refractivity contribution in [2.24, 2.45) is 5.41 Å². The van der Waals surface area contributed by atoms with E-state index in [1.807, 2.05) is 4.90 Å². The van der Waals surface area contributed by atoms with Crippen LogP contribution in [0.5, 0.6) is 0 Å². The number of amides is 2. The first-order valence-corrected chi connectivity index (χ1v) is 5.13. The molecule has 0 radical (unpaired) electrons. The Morgan fingerprint density at radius 2 is 2.14 bits per heavy atom. The van der Waals surface area contributed by atoms with Crippen LogP contribution in [0.2, 0.25) is 0 Å². The molecule has 4 heteroatoms. The Bertz CT molecular complexity index is 257. The van der Waals surface area contributed by atoms with Crippen molar-refractivity contribution in [2.45, 2.75) is 32.2 Å². The summed E-state index contributed by atoms with van der Waals surface area (Å²) in [6.07, 6.45) is 4.09. The molecule has 2 amide bonds. The highest BCUT2D eigenvalue weighted by Gasteiger charge is 2.55. The molecule has 14 heavy (non-hydrogen) atoms. The molecule has 1 aliphatic heterocycles. The van der Waals surface area contributed by atoms with E-state index in [1.54, 1.807) is 6.92 Å². The fourth-order valence-electron chi connectivity index (χ4n) is 2.42. The van der Waals surface area contributed by atoms with Crippen LogP contribution in [-0.2, 0) is 9.59 Å². The third kappa shape index (κ3) is 1.61. The number of hydrogen-bond acceptors (Lipinski definition) is 2. The molecule has 0 aromatic rings. The average molecular weight is 196 g/mol. The summed E-state index contributed by atoms with van der Waals surface area (Å²) in [4.78, 5) is 23.2. The lowest BCUT2D eigenvalue weighted by atomic mass is 9.93. The average Bonchev–Trinajstić information content (AvgIpc) is 2.79. The molecule has 0 aromatic heterocycles. The Labute approximate surface area is 83.6 Å². The predicted molar refractivity (Wildman–Crippen MR) is 51.5 cm³/mol. The summed E-state index contributed by atoms with van der Waals surface area (Å²) in [7, 11) is 0. The van der Waals surface area contributed by atoms with Gasteiger partial charge in [-0.25, -0.2) is 0 Å². The van der Waals surface area contributed by atoms with Crippen molar-refractivity contribution in [1.29, 1.82) is 0 Å². The zero-order valence-electron chi connectivity index (χ0n) is 8.45. The fourth-order valence-corrected chi connectivity index (χ4v) is 2.42. The third-order valence-electron chi connectivity index (χ3n) is 3.51. The van der Waals surface area contributed by atoms with Crippen LogP contribution in [0.1, 0.15) is 26.2 Å². The molecule has 2 aliphatic rings. The minimum atomic E-state index is 0.0599. The standard InChI is InChI=1S/C10H16N2O2/c1-8(14)11-9-6-10(9)2-4-12(7-13)5-3-10/h7,9H,2-6H2,1H3,(H,11,14)/t9-/m0/s1. The van der Waals surface area contributed by atoms with Crippen LogP contribution in [-0.4, -0.2) is 36.3 Å². The molecule has 1 N–H and O–H groups in total. The van der Waals surface area contributed by atoms with Crippen LogP contribution in [0.25, 0.3) is 0 Å². The summed E-state index contributed by atoms with van der Waals surface area (Å²) in [5.74, 6) is 0.0599. The monoisotopic (exact) mass is 196 g/mol. The minimum Gasteiger partial charge on any atom is -0.353 e. The lowest BCUT2D eigenvalue weighted by Crippen LogP contribution is -2.37. The van der Waals surface area contributed by atoms with Gasteiger partial charge in [-0.3, -0.25) is 9.59 Å². The molecular formula is C10H16N2O2. The van der Waals surface area contributed by atoms with Crippen LogP contribution < -0.4 is 5.32 Å². The molecule has 4 nitrogen and oxygen atoms in total. The maximum atomic E-state index is 10.9. The van der Waals surface area contributed by atoms with Gasteiger partial charge in [0.05, 0.1) is 0 Å².